The van der Waals surface area contributed by atoms with E-state index < -0.39 is 0 Å². The maximum absolute atomic E-state index is 12.5. The van der Waals surface area contributed by atoms with Gasteiger partial charge in [0.05, 0.1) is 23.9 Å². The maximum Gasteiger partial charge on any atom is 0.328 e. The molecule has 1 aliphatic rings. The Kier molecular flexibility index (Phi) is 6.56. The van der Waals surface area contributed by atoms with Gasteiger partial charge in [0.1, 0.15) is 0 Å². The third-order valence-electron chi connectivity index (χ3n) is 4.71. The molecular formula is C19H26N2O4. The van der Waals surface area contributed by atoms with Crippen LogP contribution in [0.5, 0.6) is 0 Å². The first kappa shape index (κ1) is 19.0. The van der Waals surface area contributed by atoms with Crippen molar-refractivity contribution in [3.63, 3.8) is 0 Å². The minimum Gasteiger partial charge on any atom is -0.469 e. The molecule has 3 rings (SSSR count). The Morgan fingerprint density at radius 3 is 2.44 bits per heavy atom. The number of fused-ring (bicyclic) bond motifs is 1. The molecule has 6 nitrogen and oxygen atoms in total. The van der Waals surface area contributed by atoms with Gasteiger partial charge in [0.25, 0.3) is 5.56 Å². The number of aromatic nitrogens is 2. The summed E-state index contributed by atoms with van der Waals surface area (Å²) in [5, 5.41) is 0.523. The quantitative estimate of drug-likeness (QED) is 0.867. The van der Waals surface area contributed by atoms with E-state index in [0.717, 1.165) is 25.7 Å². The number of carbonyl (C=O) groups is 1. The Morgan fingerprint density at radius 1 is 1.16 bits per heavy atom. The van der Waals surface area contributed by atoms with E-state index in [-0.39, 0.29) is 29.1 Å². The van der Waals surface area contributed by atoms with Gasteiger partial charge in [-0.25, -0.2) is 4.79 Å². The molecule has 0 saturated heterocycles. The summed E-state index contributed by atoms with van der Waals surface area (Å²) < 4.78 is 6.06. The average molecular weight is 346 g/mol. The number of esters is 1. The molecule has 1 N–H and O–H groups in total. The molecule has 2 aromatic rings. The lowest BCUT2D eigenvalue weighted by atomic mass is 9.82. The number of aromatic amines is 1. The second-order valence-electron chi connectivity index (χ2n) is 6.13. The van der Waals surface area contributed by atoms with Gasteiger partial charge >= 0.3 is 11.7 Å². The van der Waals surface area contributed by atoms with Crippen molar-refractivity contribution in [1.82, 2.24) is 9.55 Å². The summed E-state index contributed by atoms with van der Waals surface area (Å²) in [6, 6.07) is 7.02. The van der Waals surface area contributed by atoms with E-state index in [1.807, 2.05) is 13.8 Å². The zero-order valence-corrected chi connectivity index (χ0v) is 15.1. The maximum atomic E-state index is 12.5. The third-order valence-corrected chi connectivity index (χ3v) is 4.71. The molecule has 1 aliphatic carbocycles. The highest BCUT2D eigenvalue weighted by Crippen LogP contribution is 2.30. The zero-order chi connectivity index (χ0) is 18.4. The number of H-pyrrole nitrogens is 1. The van der Waals surface area contributed by atoms with Gasteiger partial charge in [0, 0.05) is 6.54 Å². The fourth-order valence-corrected chi connectivity index (χ4v) is 3.37. The average Bonchev–Trinajstić information content (AvgIpc) is 2.66. The standard InChI is InChI=1S/C17H20N2O4.C2H6/c1-23-16(21)12-8-6-11(7-9-12)10-19-15(20)13-4-2-3-5-14(13)18-17(19)22;1-2/h2-5,11-12H,6-10H2,1H3,(H,18,22);1-2H3. The first-order valence-corrected chi connectivity index (χ1v) is 8.90. The molecule has 1 heterocycles. The van der Waals surface area contributed by atoms with Gasteiger partial charge in [0.2, 0.25) is 0 Å². The van der Waals surface area contributed by atoms with Crippen molar-refractivity contribution in [3.05, 3.63) is 45.1 Å². The molecule has 136 valence electrons. The van der Waals surface area contributed by atoms with E-state index in [1.165, 1.54) is 11.7 Å². The first-order valence-electron chi connectivity index (χ1n) is 8.90. The van der Waals surface area contributed by atoms with Crippen LogP contribution in [0.4, 0.5) is 0 Å². The molecule has 1 saturated carbocycles. The number of rotatable bonds is 3. The van der Waals surface area contributed by atoms with Crippen LogP contribution in [0.15, 0.2) is 33.9 Å². The molecule has 0 aliphatic heterocycles. The molecule has 1 aromatic heterocycles. The largest absolute Gasteiger partial charge is 0.469 e. The van der Waals surface area contributed by atoms with Crippen LogP contribution >= 0.6 is 0 Å². The molecule has 25 heavy (non-hydrogen) atoms. The Bertz CT molecular complexity index is 829. The normalized spacial score (nSPS) is 19.8. The van der Waals surface area contributed by atoms with Crippen LogP contribution in [0, 0.1) is 11.8 Å². The van der Waals surface area contributed by atoms with Crippen molar-refractivity contribution in [2.45, 2.75) is 46.1 Å². The zero-order valence-electron chi connectivity index (χ0n) is 15.1. The van der Waals surface area contributed by atoms with E-state index in [2.05, 4.69) is 4.98 Å². The highest BCUT2D eigenvalue weighted by molar-refractivity contribution is 5.76. The molecule has 0 spiro atoms. The van der Waals surface area contributed by atoms with E-state index in [0.29, 0.717) is 17.4 Å². The number of hydrogen-bond acceptors (Lipinski definition) is 4. The van der Waals surface area contributed by atoms with Crippen LogP contribution in [0.1, 0.15) is 39.5 Å². The highest BCUT2D eigenvalue weighted by atomic mass is 16.5. The van der Waals surface area contributed by atoms with Crippen molar-refractivity contribution < 1.29 is 9.53 Å². The molecule has 0 atom stereocenters. The Labute approximate surface area is 146 Å². The number of nitrogens with one attached hydrogen (secondary N) is 1. The van der Waals surface area contributed by atoms with Crippen molar-refractivity contribution in [2.75, 3.05) is 7.11 Å². The first-order chi connectivity index (χ1) is 12.1. The molecule has 1 aromatic carbocycles. The van der Waals surface area contributed by atoms with Crippen LogP contribution < -0.4 is 11.2 Å². The van der Waals surface area contributed by atoms with Gasteiger partial charge in [-0.1, -0.05) is 26.0 Å². The van der Waals surface area contributed by atoms with Crippen LogP contribution in [0.3, 0.4) is 0 Å². The Hall–Kier alpha value is -2.37. The van der Waals surface area contributed by atoms with Gasteiger partial charge in [-0.2, -0.15) is 0 Å². The predicted molar refractivity (Wildman–Crippen MR) is 97.6 cm³/mol. The van der Waals surface area contributed by atoms with Crippen molar-refractivity contribution >= 4 is 16.9 Å². The monoisotopic (exact) mass is 346 g/mol. The Balaban J connectivity index is 0.00000109. The summed E-state index contributed by atoms with van der Waals surface area (Å²) in [7, 11) is 1.41. The number of para-hydroxylation sites is 1. The van der Waals surface area contributed by atoms with Crippen LogP contribution in [-0.4, -0.2) is 22.6 Å². The SMILES string of the molecule is CC.COC(=O)C1CCC(Cn2c(=O)[nH]c3ccccc3c2=O)CC1. The van der Waals surface area contributed by atoms with Gasteiger partial charge in [-0.3, -0.25) is 14.2 Å². The highest BCUT2D eigenvalue weighted by Gasteiger charge is 2.27. The number of ether oxygens (including phenoxy) is 1. The lowest BCUT2D eigenvalue weighted by molar-refractivity contribution is -0.146. The minimum absolute atomic E-state index is 0.0529. The summed E-state index contributed by atoms with van der Waals surface area (Å²) >= 11 is 0. The van der Waals surface area contributed by atoms with E-state index in [4.69, 9.17) is 4.74 Å². The fraction of sp³-hybridized carbons (Fsp3) is 0.526. The van der Waals surface area contributed by atoms with Crippen molar-refractivity contribution in [1.29, 1.82) is 0 Å². The van der Waals surface area contributed by atoms with Gasteiger partial charge in [-0.15, -0.1) is 0 Å². The lowest BCUT2D eigenvalue weighted by Gasteiger charge is -2.27. The summed E-state index contributed by atoms with van der Waals surface area (Å²) in [5.74, 6) is 0.0166. The predicted octanol–water partition coefficient (Wildman–Crippen LogP) is 2.70. The van der Waals surface area contributed by atoms with Gasteiger partial charge in [0.15, 0.2) is 0 Å². The van der Waals surface area contributed by atoms with Gasteiger partial charge in [-0.05, 0) is 43.7 Å². The number of methoxy groups -OCH3 is 1. The Morgan fingerprint density at radius 2 is 1.80 bits per heavy atom. The van der Waals surface area contributed by atoms with Crippen LogP contribution in [0.2, 0.25) is 0 Å². The van der Waals surface area contributed by atoms with E-state index in [1.54, 1.807) is 24.3 Å². The van der Waals surface area contributed by atoms with Crippen molar-refractivity contribution in [3.8, 4) is 0 Å². The topological polar surface area (TPSA) is 81.2 Å². The second kappa shape index (κ2) is 8.65. The summed E-state index contributed by atoms with van der Waals surface area (Å²) in [4.78, 5) is 39.0. The fourth-order valence-electron chi connectivity index (χ4n) is 3.37. The molecule has 0 radical (unpaired) electrons. The number of carbonyl (C=O) groups excluding carboxylic acids is 1. The van der Waals surface area contributed by atoms with Crippen LogP contribution in [0.25, 0.3) is 10.9 Å². The number of benzene rings is 1. The van der Waals surface area contributed by atoms with Crippen LogP contribution in [-0.2, 0) is 16.1 Å². The van der Waals surface area contributed by atoms with E-state index in [9.17, 15) is 14.4 Å². The molecule has 6 heteroatoms. The summed E-state index contributed by atoms with van der Waals surface area (Å²) in [5.41, 5.74) is -0.0589. The summed E-state index contributed by atoms with van der Waals surface area (Å²) in [6.07, 6.45) is 3.13. The minimum atomic E-state index is -0.371. The lowest BCUT2D eigenvalue weighted by Crippen LogP contribution is -2.38. The molecule has 0 unspecified atom stereocenters. The number of nitrogens with zero attached hydrogens (tertiary/aromatic N) is 1. The van der Waals surface area contributed by atoms with E-state index >= 15 is 0 Å². The second-order valence-corrected chi connectivity index (χ2v) is 6.13. The summed E-state index contributed by atoms with van der Waals surface area (Å²) in [6.45, 7) is 4.40. The molecule has 0 bridgehead atoms. The molecular weight excluding hydrogens is 320 g/mol. The molecule has 0 amide bonds. The molecule has 1 fully saturated rings. The van der Waals surface area contributed by atoms with Crippen molar-refractivity contribution in [2.24, 2.45) is 11.8 Å². The smallest absolute Gasteiger partial charge is 0.328 e. The number of hydrogen-bond donors (Lipinski definition) is 1. The third kappa shape index (κ3) is 4.18. The van der Waals surface area contributed by atoms with Gasteiger partial charge < -0.3 is 9.72 Å².